The maximum Gasteiger partial charge on any atom is 0.260 e. The molecule has 184 valence electrons. The maximum atomic E-state index is 12.7. The summed E-state index contributed by atoms with van der Waals surface area (Å²) in [5.41, 5.74) is 3.77. The summed E-state index contributed by atoms with van der Waals surface area (Å²) >= 11 is 0. The van der Waals surface area contributed by atoms with E-state index in [9.17, 15) is 9.59 Å². The Morgan fingerprint density at radius 3 is 1.44 bits per heavy atom. The Kier molecular flexibility index (Phi) is 9.28. The molecule has 0 N–H and O–H groups in total. The number of carbonyl (C=O) groups is 2. The molecule has 0 heterocycles. The highest BCUT2D eigenvalue weighted by Gasteiger charge is 2.41. The van der Waals surface area contributed by atoms with Crippen molar-refractivity contribution in [3.8, 4) is 0 Å². The van der Waals surface area contributed by atoms with Crippen molar-refractivity contribution in [3.63, 3.8) is 0 Å². The molecule has 4 aromatic carbocycles. The van der Waals surface area contributed by atoms with Gasteiger partial charge in [-0.05, 0) is 24.3 Å². The summed E-state index contributed by atoms with van der Waals surface area (Å²) in [7, 11) is 6.90. The van der Waals surface area contributed by atoms with Crippen molar-refractivity contribution in [2.24, 2.45) is 0 Å². The summed E-state index contributed by atoms with van der Waals surface area (Å²) < 4.78 is 10.8. The molecule has 36 heavy (non-hydrogen) atoms. The average molecular weight is 482 g/mol. The van der Waals surface area contributed by atoms with Crippen LogP contribution in [0.1, 0.15) is 31.8 Å². The molecule has 0 bridgehead atoms. The number of carbonyl (C=O) groups excluding carboxylic acids is 2. The number of benzene rings is 4. The number of anilines is 1. The first-order chi connectivity index (χ1) is 17.4. The van der Waals surface area contributed by atoms with Crippen LogP contribution in [-0.4, -0.2) is 39.9 Å². The zero-order valence-electron chi connectivity index (χ0n) is 21.0. The summed E-state index contributed by atoms with van der Waals surface area (Å²) in [6.07, 6.45) is 0. The van der Waals surface area contributed by atoms with E-state index in [0.29, 0.717) is 11.1 Å². The molecule has 0 fully saturated rings. The lowest BCUT2D eigenvalue weighted by Crippen LogP contribution is -2.39. The third kappa shape index (κ3) is 6.13. The van der Waals surface area contributed by atoms with Gasteiger partial charge in [-0.15, -0.1) is 0 Å². The molecular weight excluding hydrogens is 450 g/mol. The largest absolute Gasteiger partial charge is 0.378 e. The van der Waals surface area contributed by atoms with Crippen LogP contribution in [0.5, 0.6) is 0 Å². The molecule has 0 aliphatic rings. The Morgan fingerprint density at radius 1 is 0.583 bits per heavy atom. The van der Waals surface area contributed by atoms with Crippen LogP contribution < -0.4 is 4.90 Å². The van der Waals surface area contributed by atoms with Gasteiger partial charge < -0.3 is 14.4 Å². The molecule has 5 heteroatoms. The van der Waals surface area contributed by atoms with E-state index in [1.807, 2.05) is 122 Å². The Balaban J connectivity index is 0.000000202. The minimum atomic E-state index is -1.40. The standard InChI is InChI=1S/C16H16O3.C15H15NO/c1-18-16(19-2,14-11-7-4-8-12-14)15(17)13-9-5-3-6-10-13;1-16(2)14-10-8-13(9-11-14)15(17)12-6-4-3-5-7-12/h3-12H,1-2H3;3-11H,1-2H3. The Labute approximate surface area is 212 Å². The van der Waals surface area contributed by atoms with Gasteiger partial charge in [0.15, 0.2) is 5.78 Å². The van der Waals surface area contributed by atoms with Gasteiger partial charge in [0.25, 0.3) is 5.79 Å². The van der Waals surface area contributed by atoms with Crippen molar-refractivity contribution in [2.75, 3.05) is 33.2 Å². The van der Waals surface area contributed by atoms with Gasteiger partial charge in [-0.25, -0.2) is 0 Å². The maximum absolute atomic E-state index is 12.7. The molecule has 0 aliphatic heterocycles. The summed E-state index contributed by atoms with van der Waals surface area (Å²) in [6, 6.07) is 35.2. The van der Waals surface area contributed by atoms with Crippen molar-refractivity contribution >= 4 is 17.3 Å². The fourth-order valence-electron chi connectivity index (χ4n) is 3.74. The van der Waals surface area contributed by atoms with E-state index in [-0.39, 0.29) is 11.6 Å². The highest BCUT2D eigenvalue weighted by molar-refractivity contribution is 6.09. The number of rotatable bonds is 8. The van der Waals surface area contributed by atoms with E-state index in [0.717, 1.165) is 16.8 Å². The molecule has 0 amide bonds. The second kappa shape index (κ2) is 12.6. The molecule has 0 aromatic heterocycles. The first kappa shape index (κ1) is 26.5. The highest BCUT2D eigenvalue weighted by atomic mass is 16.7. The van der Waals surface area contributed by atoms with Crippen molar-refractivity contribution in [1.82, 2.24) is 0 Å². The van der Waals surface area contributed by atoms with Crippen LogP contribution >= 0.6 is 0 Å². The molecule has 0 radical (unpaired) electrons. The molecule has 5 nitrogen and oxygen atoms in total. The van der Waals surface area contributed by atoms with Crippen LogP contribution in [0.3, 0.4) is 0 Å². The van der Waals surface area contributed by atoms with Crippen LogP contribution in [0.15, 0.2) is 115 Å². The fourth-order valence-corrected chi connectivity index (χ4v) is 3.74. The second-order valence-corrected chi connectivity index (χ2v) is 8.22. The van der Waals surface area contributed by atoms with Crippen molar-refractivity contribution < 1.29 is 19.1 Å². The molecular formula is C31H31NO4. The summed E-state index contributed by atoms with van der Waals surface area (Å²) in [5, 5.41) is 0. The Hall–Kier alpha value is -4.06. The quantitative estimate of drug-likeness (QED) is 0.228. The monoisotopic (exact) mass is 481 g/mol. The lowest BCUT2D eigenvalue weighted by Gasteiger charge is -2.29. The predicted molar refractivity (Wildman–Crippen MR) is 144 cm³/mol. The zero-order chi connectivity index (χ0) is 26.0. The van der Waals surface area contributed by atoms with Gasteiger partial charge in [0.05, 0.1) is 0 Å². The summed E-state index contributed by atoms with van der Waals surface area (Å²) in [6.45, 7) is 0. The van der Waals surface area contributed by atoms with Crippen molar-refractivity contribution in [3.05, 3.63) is 138 Å². The van der Waals surface area contributed by atoms with E-state index < -0.39 is 5.79 Å². The number of Topliss-reactive ketones (excluding diaryl/α,β-unsaturated/α-hetero) is 1. The highest BCUT2D eigenvalue weighted by Crippen LogP contribution is 2.30. The van der Waals surface area contributed by atoms with Crippen molar-refractivity contribution in [1.29, 1.82) is 0 Å². The third-order valence-electron chi connectivity index (χ3n) is 5.75. The lowest BCUT2D eigenvalue weighted by atomic mass is 9.96. The van der Waals surface area contributed by atoms with Gasteiger partial charge in [0, 0.05) is 56.3 Å². The topological polar surface area (TPSA) is 55.8 Å². The number of hydrogen-bond donors (Lipinski definition) is 0. The van der Waals surface area contributed by atoms with E-state index in [1.54, 1.807) is 12.1 Å². The van der Waals surface area contributed by atoms with Gasteiger partial charge in [0.2, 0.25) is 5.78 Å². The minimum Gasteiger partial charge on any atom is -0.378 e. The van der Waals surface area contributed by atoms with E-state index in [1.165, 1.54) is 14.2 Å². The summed E-state index contributed by atoms with van der Waals surface area (Å²) in [5.74, 6) is -1.55. The number of nitrogens with zero attached hydrogens (tertiary/aromatic N) is 1. The zero-order valence-corrected chi connectivity index (χ0v) is 21.0. The Bertz CT molecular complexity index is 1230. The molecule has 0 saturated heterocycles. The minimum absolute atomic E-state index is 0.0657. The number of ether oxygens (including phenoxy) is 2. The van der Waals surface area contributed by atoms with Gasteiger partial charge >= 0.3 is 0 Å². The Morgan fingerprint density at radius 2 is 1.00 bits per heavy atom. The third-order valence-corrected chi connectivity index (χ3v) is 5.75. The van der Waals surface area contributed by atoms with Gasteiger partial charge in [0.1, 0.15) is 0 Å². The first-order valence-electron chi connectivity index (χ1n) is 11.6. The van der Waals surface area contributed by atoms with Gasteiger partial charge in [-0.1, -0.05) is 91.0 Å². The summed E-state index contributed by atoms with van der Waals surface area (Å²) in [4.78, 5) is 26.8. The smallest absolute Gasteiger partial charge is 0.260 e. The molecule has 0 saturated carbocycles. The van der Waals surface area contributed by atoms with Crippen LogP contribution in [0.25, 0.3) is 0 Å². The first-order valence-corrected chi connectivity index (χ1v) is 11.6. The molecule has 4 rings (SSSR count). The van der Waals surface area contributed by atoms with E-state index >= 15 is 0 Å². The fraction of sp³-hybridized carbons (Fsp3) is 0.161. The van der Waals surface area contributed by atoms with E-state index in [4.69, 9.17) is 9.47 Å². The van der Waals surface area contributed by atoms with E-state index in [2.05, 4.69) is 0 Å². The molecule has 0 spiro atoms. The average Bonchev–Trinajstić information content (AvgIpc) is 2.95. The molecule has 4 aromatic rings. The predicted octanol–water partition coefficient (Wildman–Crippen LogP) is 6.00. The normalized spacial score (nSPS) is 10.7. The lowest BCUT2D eigenvalue weighted by molar-refractivity contribution is -0.176. The molecule has 0 unspecified atom stereocenters. The molecule has 0 atom stereocenters. The van der Waals surface area contributed by atoms with Crippen molar-refractivity contribution in [2.45, 2.75) is 5.79 Å². The molecule has 0 aliphatic carbocycles. The number of hydrogen-bond acceptors (Lipinski definition) is 5. The van der Waals surface area contributed by atoms with Crippen LogP contribution in [0.4, 0.5) is 5.69 Å². The SMILES string of the molecule is CN(C)c1ccc(C(=O)c2ccccc2)cc1.COC(OC)(C(=O)c1ccccc1)c1ccccc1. The second-order valence-electron chi connectivity index (χ2n) is 8.22. The number of methoxy groups -OCH3 is 2. The number of ketones is 2. The van der Waals surface area contributed by atoms with Gasteiger partial charge in [-0.3, -0.25) is 9.59 Å². The van der Waals surface area contributed by atoms with Gasteiger partial charge in [-0.2, -0.15) is 0 Å². The van der Waals surface area contributed by atoms with Crippen LogP contribution in [0.2, 0.25) is 0 Å². The van der Waals surface area contributed by atoms with Crippen LogP contribution in [0, 0.1) is 0 Å². The van der Waals surface area contributed by atoms with Crippen LogP contribution in [-0.2, 0) is 15.3 Å².